The van der Waals surface area contributed by atoms with E-state index in [1.807, 2.05) is 36.4 Å². The number of hydrogen-bond donors (Lipinski definition) is 3. The minimum absolute atomic E-state index is 0.116. The van der Waals surface area contributed by atoms with Crippen LogP contribution in [0.15, 0.2) is 47.4 Å². The van der Waals surface area contributed by atoms with Gasteiger partial charge in [-0.05, 0) is 36.0 Å². The van der Waals surface area contributed by atoms with Crippen LogP contribution in [0.1, 0.15) is 49.1 Å². The number of sulfonamides is 1. The van der Waals surface area contributed by atoms with E-state index in [2.05, 4.69) is 4.98 Å². The van der Waals surface area contributed by atoms with Crippen molar-refractivity contribution in [2.24, 2.45) is 5.14 Å². The molecule has 29 heavy (non-hydrogen) atoms. The zero-order chi connectivity index (χ0) is 20.6. The van der Waals surface area contributed by atoms with E-state index in [1.54, 1.807) is 6.07 Å². The highest BCUT2D eigenvalue weighted by Gasteiger charge is 2.28. The van der Waals surface area contributed by atoms with E-state index in [9.17, 15) is 18.3 Å². The van der Waals surface area contributed by atoms with Gasteiger partial charge in [0.15, 0.2) is 0 Å². The number of nitrogens with one attached hydrogen (secondary N) is 1. The van der Waals surface area contributed by atoms with E-state index in [1.165, 1.54) is 0 Å². The van der Waals surface area contributed by atoms with Crippen molar-refractivity contribution in [1.82, 2.24) is 4.98 Å². The molecule has 6 nitrogen and oxygen atoms in total. The molecule has 152 valence electrons. The molecule has 0 unspecified atom stereocenters. The smallest absolute Gasteiger partial charge is 0.307 e. The van der Waals surface area contributed by atoms with E-state index in [4.69, 9.17) is 5.14 Å². The highest BCUT2D eigenvalue weighted by molar-refractivity contribution is 7.89. The molecular weight excluding hydrogens is 388 g/mol. The van der Waals surface area contributed by atoms with Gasteiger partial charge in [-0.15, -0.1) is 0 Å². The molecule has 4 N–H and O–H groups in total. The first-order valence-electron chi connectivity index (χ1n) is 9.83. The maximum atomic E-state index is 12.7. The first kappa shape index (κ1) is 19.7. The van der Waals surface area contributed by atoms with Crippen molar-refractivity contribution in [2.75, 3.05) is 0 Å². The van der Waals surface area contributed by atoms with Crippen molar-refractivity contribution in [1.29, 1.82) is 0 Å². The molecule has 1 fully saturated rings. The third-order valence-corrected chi connectivity index (χ3v) is 6.81. The number of carboxylic acids is 1. The number of H-pyrrole nitrogens is 1. The van der Waals surface area contributed by atoms with Gasteiger partial charge in [0.05, 0.1) is 17.0 Å². The maximum absolute atomic E-state index is 12.7. The van der Waals surface area contributed by atoms with E-state index in [0.717, 1.165) is 48.6 Å². The lowest BCUT2D eigenvalue weighted by atomic mass is 9.83. The lowest BCUT2D eigenvalue weighted by molar-refractivity contribution is -0.136. The Hall–Kier alpha value is -2.64. The van der Waals surface area contributed by atoms with Crippen molar-refractivity contribution >= 4 is 26.9 Å². The number of benzene rings is 2. The lowest BCUT2D eigenvalue weighted by Crippen LogP contribution is -2.19. The third-order valence-electron chi connectivity index (χ3n) is 5.79. The molecule has 0 radical (unpaired) electrons. The second-order valence-corrected chi connectivity index (χ2v) is 9.20. The largest absolute Gasteiger partial charge is 0.481 e. The van der Waals surface area contributed by atoms with E-state index < -0.39 is 16.0 Å². The number of primary sulfonamides is 1. The fourth-order valence-corrected chi connectivity index (χ4v) is 5.61. The Morgan fingerprint density at radius 3 is 2.48 bits per heavy atom. The number of fused-ring (bicyclic) bond motifs is 1. The standard InChI is InChI=1S/C22H24N2O4S/c23-29(27,28)22-15(14-7-2-1-3-8-14)10-6-11-17(22)21-18(13-20(25)26)16-9-4-5-12-19(16)24-21/h4-6,9-12,14,24H,1-3,7-8,13H2,(H,25,26)(H2,23,27,28). The molecule has 1 heterocycles. The molecule has 2 aromatic carbocycles. The van der Waals surface area contributed by atoms with Crippen molar-refractivity contribution in [3.05, 3.63) is 53.6 Å². The minimum Gasteiger partial charge on any atom is -0.481 e. The number of para-hydroxylation sites is 1. The van der Waals surface area contributed by atoms with Crippen LogP contribution in [0, 0.1) is 0 Å². The first-order valence-corrected chi connectivity index (χ1v) is 11.4. The molecule has 0 spiro atoms. The fourth-order valence-electron chi connectivity index (χ4n) is 4.57. The number of nitrogens with two attached hydrogens (primary N) is 1. The molecule has 0 atom stereocenters. The Morgan fingerprint density at radius 2 is 1.79 bits per heavy atom. The Kier molecular flexibility index (Phi) is 5.19. The van der Waals surface area contributed by atoms with Crippen molar-refractivity contribution < 1.29 is 18.3 Å². The summed E-state index contributed by atoms with van der Waals surface area (Å²) in [6.07, 6.45) is 4.94. The molecule has 0 aliphatic heterocycles. The van der Waals surface area contributed by atoms with E-state index in [0.29, 0.717) is 16.8 Å². The van der Waals surface area contributed by atoms with Gasteiger partial charge in [0.1, 0.15) is 0 Å². The highest BCUT2D eigenvalue weighted by Crippen LogP contribution is 2.41. The summed E-state index contributed by atoms with van der Waals surface area (Å²) in [6, 6.07) is 12.8. The minimum atomic E-state index is -4.01. The quantitative estimate of drug-likeness (QED) is 0.584. The van der Waals surface area contributed by atoms with Crippen LogP contribution in [0.5, 0.6) is 0 Å². The third kappa shape index (κ3) is 3.80. The van der Waals surface area contributed by atoms with Crippen molar-refractivity contribution in [2.45, 2.75) is 49.3 Å². The van der Waals surface area contributed by atoms with Gasteiger partial charge in [-0.2, -0.15) is 0 Å². The van der Waals surface area contributed by atoms with Gasteiger partial charge in [0, 0.05) is 16.5 Å². The highest BCUT2D eigenvalue weighted by atomic mass is 32.2. The van der Waals surface area contributed by atoms with Gasteiger partial charge in [-0.25, -0.2) is 13.6 Å². The van der Waals surface area contributed by atoms with E-state index >= 15 is 0 Å². The molecule has 1 aliphatic carbocycles. The molecule has 4 rings (SSSR count). The number of aromatic amines is 1. The molecule has 7 heteroatoms. The first-order chi connectivity index (χ1) is 13.9. The summed E-state index contributed by atoms with van der Waals surface area (Å²) in [4.78, 5) is 14.9. The van der Waals surface area contributed by atoms with Crippen LogP contribution in [0.4, 0.5) is 0 Å². The van der Waals surface area contributed by atoms with Gasteiger partial charge >= 0.3 is 5.97 Å². The second kappa shape index (κ2) is 7.65. The molecule has 0 saturated heterocycles. The van der Waals surface area contributed by atoms with E-state index in [-0.39, 0.29) is 17.2 Å². The average Bonchev–Trinajstić information content (AvgIpc) is 3.05. The number of hydrogen-bond acceptors (Lipinski definition) is 3. The van der Waals surface area contributed by atoms with Gasteiger partial charge < -0.3 is 10.1 Å². The predicted molar refractivity (Wildman–Crippen MR) is 112 cm³/mol. The predicted octanol–water partition coefficient (Wildman–Crippen LogP) is 4.16. The SMILES string of the molecule is NS(=O)(=O)c1c(-c2[nH]c3ccccc3c2CC(=O)O)cccc1C1CCCCC1. The summed E-state index contributed by atoms with van der Waals surface area (Å²) < 4.78 is 25.4. The van der Waals surface area contributed by atoms with Crippen LogP contribution in [0.2, 0.25) is 0 Å². The molecule has 0 amide bonds. The topological polar surface area (TPSA) is 113 Å². The van der Waals surface area contributed by atoms with Crippen molar-refractivity contribution in [3.63, 3.8) is 0 Å². The zero-order valence-electron chi connectivity index (χ0n) is 16.0. The molecule has 3 aromatic rings. The van der Waals surface area contributed by atoms with Gasteiger partial charge in [-0.3, -0.25) is 4.79 Å². The molecular formula is C22H24N2O4S. The maximum Gasteiger partial charge on any atom is 0.307 e. The Balaban J connectivity index is 1.99. The number of rotatable bonds is 5. The molecule has 1 saturated carbocycles. The van der Waals surface area contributed by atoms with Gasteiger partial charge in [0.2, 0.25) is 10.0 Å². The number of carbonyl (C=O) groups is 1. The lowest BCUT2D eigenvalue weighted by Gasteiger charge is -2.25. The molecule has 1 aliphatic rings. The number of aliphatic carboxylic acids is 1. The van der Waals surface area contributed by atoms with Gasteiger partial charge in [-0.1, -0.05) is 55.7 Å². The monoisotopic (exact) mass is 412 g/mol. The van der Waals surface area contributed by atoms with Crippen LogP contribution in [-0.4, -0.2) is 24.5 Å². The summed E-state index contributed by atoms with van der Waals surface area (Å²) in [5.74, 6) is -0.832. The Labute approximate surface area is 169 Å². The van der Waals surface area contributed by atoms with Crippen LogP contribution in [-0.2, 0) is 21.2 Å². The van der Waals surface area contributed by atoms with Crippen LogP contribution < -0.4 is 5.14 Å². The Bertz CT molecular complexity index is 1170. The summed E-state index contributed by atoms with van der Waals surface area (Å²) >= 11 is 0. The number of aromatic nitrogens is 1. The second-order valence-electron chi connectivity index (χ2n) is 7.70. The summed E-state index contributed by atoms with van der Waals surface area (Å²) in [6.45, 7) is 0. The Morgan fingerprint density at radius 1 is 1.07 bits per heavy atom. The summed E-state index contributed by atoms with van der Waals surface area (Å²) in [5, 5.41) is 15.9. The zero-order valence-corrected chi connectivity index (χ0v) is 16.8. The van der Waals surface area contributed by atoms with Crippen LogP contribution in [0.3, 0.4) is 0 Å². The summed E-state index contributed by atoms with van der Waals surface area (Å²) in [5.41, 5.74) is 3.03. The van der Waals surface area contributed by atoms with Gasteiger partial charge in [0.25, 0.3) is 0 Å². The van der Waals surface area contributed by atoms with Crippen molar-refractivity contribution in [3.8, 4) is 11.3 Å². The number of carboxylic acid groups (broad SMARTS) is 1. The van der Waals surface area contributed by atoms with Crippen LogP contribution in [0.25, 0.3) is 22.2 Å². The summed E-state index contributed by atoms with van der Waals surface area (Å²) in [7, 11) is -4.01. The normalized spacial score (nSPS) is 15.6. The molecule has 0 bridgehead atoms. The van der Waals surface area contributed by atoms with Crippen LogP contribution >= 0.6 is 0 Å². The fraction of sp³-hybridized carbons (Fsp3) is 0.318. The average molecular weight is 413 g/mol. The molecule has 1 aromatic heterocycles.